The van der Waals surface area contributed by atoms with Gasteiger partial charge >= 0.3 is 0 Å². The number of anilines is 2. The Bertz CT molecular complexity index is 1200. The largest absolute Gasteiger partial charge is 0.369 e. The number of piperazine rings is 1. The molecule has 0 atom stereocenters. The molecule has 1 N–H and O–H groups in total. The highest BCUT2D eigenvalue weighted by molar-refractivity contribution is 6.06. The van der Waals surface area contributed by atoms with E-state index in [1.54, 1.807) is 0 Å². The highest BCUT2D eigenvalue weighted by atomic mass is 16.1. The molecule has 32 heavy (non-hydrogen) atoms. The van der Waals surface area contributed by atoms with Crippen LogP contribution in [0.5, 0.6) is 0 Å². The monoisotopic (exact) mass is 421 g/mol. The fourth-order valence-corrected chi connectivity index (χ4v) is 4.30. The molecular formula is C28H27N3O. The lowest BCUT2D eigenvalue weighted by Gasteiger charge is -2.36. The van der Waals surface area contributed by atoms with Crippen LogP contribution < -0.4 is 10.2 Å². The first-order valence-electron chi connectivity index (χ1n) is 11.2. The summed E-state index contributed by atoms with van der Waals surface area (Å²) < 4.78 is 0. The van der Waals surface area contributed by atoms with Crippen LogP contribution in [0, 0.1) is 0 Å². The van der Waals surface area contributed by atoms with Gasteiger partial charge in [-0.1, -0.05) is 60.7 Å². The normalized spacial score (nSPS) is 14.4. The summed E-state index contributed by atoms with van der Waals surface area (Å²) in [6, 6.07) is 32.7. The number of nitrogens with one attached hydrogen (secondary N) is 1. The van der Waals surface area contributed by atoms with Gasteiger partial charge in [-0.2, -0.15) is 0 Å². The third kappa shape index (κ3) is 4.66. The smallest absolute Gasteiger partial charge is 0.255 e. The number of carbonyl (C=O) groups is 1. The molecule has 1 aliphatic rings. The van der Waals surface area contributed by atoms with E-state index in [0.29, 0.717) is 5.56 Å². The van der Waals surface area contributed by atoms with Crippen LogP contribution in [0.1, 0.15) is 15.9 Å². The standard InChI is InChI=1S/C28H27N3O/c32-28(25-11-10-23-8-4-5-9-24(23)20-25)29-26-12-14-27(15-13-26)31-18-16-30(17-19-31)21-22-6-2-1-3-7-22/h1-15,20H,16-19,21H2,(H,29,32). The summed E-state index contributed by atoms with van der Waals surface area (Å²) in [7, 11) is 0. The average molecular weight is 422 g/mol. The number of rotatable bonds is 5. The first-order chi connectivity index (χ1) is 15.7. The van der Waals surface area contributed by atoms with E-state index in [1.165, 1.54) is 11.3 Å². The van der Waals surface area contributed by atoms with Crippen molar-refractivity contribution in [2.24, 2.45) is 0 Å². The van der Waals surface area contributed by atoms with E-state index in [2.05, 4.69) is 63.6 Å². The summed E-state index contributed by atoms with van der Waals surface area (Å²) in [5.74, 6) is -0.0852. The van der Waals surface area contributed by atoms with Crippen LogP contribution in [-0.4, -0.2) is 37.0 Å². The van der Waals surface area contributed by atoms with Gasteiger partial charge in [0, 0.05) is 49.7 Å². The number of benzene rings is 4. The summed E-state index contributed by atoms with van der Waals surface area (Å²) in [6.07, 6.45) is 0. The van der Waals surface area contributed by atoms with Gasteiger partial charge in [0.05, 0.1) is 0 Å². The summed E-state index contributed by atoms with van der Waals surface area (Å²) in [5.41, 5.74) is 4.05. The lowest BCUT2D eigenvalue weighted by Crippen LogP contribution is -2.45. The maximum atomic E-state index is 12.7. The molecular weight excluding hydrogens is 394 g/mol. The summed E-state index contributed by atoms with van der Waals surface area (Å²) in [4.78, 5) is 17.6. The number of fused-ring (bicyclic) bond motifs is 1. The molecule has 0 aliphatic carbocycles. The zero-order valence-electron chi connectivity index (χ0n) is 18.1. The fraction of sp³-hybridized carbons (Fsp3) is 0.179. The van der Waals surface area contributed by atoms with Crippen LogP contribution in [0.25, 0.3) is 10.8 Å². The van der Waals surface area contributed by atoms with E-state index >= 15 is 0 Å². The molecule has 160 valence electrons. The van der Waals surface area contributed by atoms with Gasteiger partial charge in [0.1, 0.15) is 0 Å². The number of hydrogen-bond acceptors (Lipinski definition) is 3. The Morgan fingerprint density at radius 2 is 1.41 bits per heavy atom. The van der Waals surface area contributed by atoms with Crippen LogP contribution in [0.3, 0.4) is 0 Å². The van der Waals surface area contributed by atoms with Gasteiger partial charge in [-0.15, -0.1) is 0 Å². The van der Waals surface area contributed by atoms with Crippen molar-refractivity contribution in [1.82, 2.24) is 4.90 Å². The minimum absolute atomic E-state index is 0.0852. The van der Waals surface area contributed by atoms with Gasteiger partial charge in [-0.25, -0.2) is 0 Å². The fourth-order valence-electron chi connectivity index (χ4n) is 4.30. The second-order valence-corrected chi connectivity index (χ2v) is 8.31. The zero-order valence-corrected chi connectivity index (χ0v) is 18.1. The molecule has 5 rings (SSSR count). The van der Waals surface area contributed by atoms with Crippen molar-refractivity contribution in [3.8, 4) is 0 Å². The number of hydrogen-bond donors (Lipinski definition) is 1. The summed E-state index contributed by atoms with van der Waals surface area (Å²) in [6.45, 7) is 5.13. The molecule has 0 spiro atoms. The third-order valence-electron chi connectivity index (χ3n) is 6.12. The molecule has 4 nitrogen and oxygen atoms in total. The van der Waals surface area contributed by atoms with E-state index in [9.17, 15) is 4.79 Å². The Hall–Kier alpha value is -3.63. The first kappa shape index (κ1) is 20.3. The number of amides is 1. The van der Waals surface area contributed by atoms with E-state index in [4.69, 9.17) is 0 Å². The molecule has 4 aromatic carbocycles. The second-order valence-electron chi connectivity index (χ2n) is 8.31. The molecule has 0 radical (unpaired) electrons. The quantitative estimate of drug-likeness (QED) is 0.468. The molecule has 0 bridgehead atoms. The molecule has 4 heteroatoms. The Labute approximate surface area is 189 Å². The predicted molar refractivity (Wildman–Crippen MR) is 132 cm³/mol. The van der Waals surface area contributed by atoms with Gasteiger partial charge < -0.3 is 10.2 Å². The van der Waals surface area contributed by atoms with E-state index in [1.807, 2.05) is 48.5 Å². The second kappa shape index (κ2) is 9.25. The van der Waals surface area contributed by atoms with Gasteiger partial charge in [-0.3, -0.25) is 9.69 Å². The van der Waals surface area contributed by atoms with Crippen molar-refractivity contribution < 1.29 is 4.79 Å². The van der Waals surface area contributed by atoms with E-state index in [0.717, 1.165) is 49.2 Å². The molecule has 0 saturated carbocycles. The van der Waals surface area contributed by atoms with Gasteiger partial charge in [0.25, 0.3) is 5.91 Å². The van der Waals surface area contributed by atoms with Crippen LogP contribution in [0.2, 0.25) is 0 Å². The first-order valence-corrected chi connectivity index (χ1v) is 11.2. The molecule has 1 saturated heterocycles. The predicted octanol–water partition coefficient (Wildman–Crippen LogP) is 5.41. The van der Waals surface area contributed by atoms with Gasteiger partial charge in [0.15, 0.2) is 0 Å². The van der Waals surface area contributed by atoms with Crippen LogP contribution in [0.15, 0.2) is 97.1 Å². The Morgan fingerprint density at radius 3 is 2.16 bits per heavy atom. The summed E-state index contributed by atoms with van der Waals surface area (Å²) in [5, 5.41) is 5.23. The molecule has 1 amide bonds. The van der Waals surface area contributed by atoms with Crippen molar-refractivity contribution in [3.63, 3.8) is 0 Å². The number of nitrogens with zero attached hydrogens (tertiary/aromatic N) is 2. The number of carbonyl (C=O) groups excluding carboxylic acids is 1. The Balaban J connectivity index is 1.17. The van der Waals surface area contributed by atoms with Crippen molar-refractivity contribution in [3.05, 3.63) is 108 Å². The lowest BCUT2D eigenvalue weighted by molar-refractivity contribution is 0.102. The van der Waals surface area contributed by atoms with Crippen molar-refractivity contribution >= 4 is 28.1 Å². The molecule has 1 heterocycles. The Kier molecular flexibility index (Phi) is 5.86. The van der Waals surface area contributed by atoms with Gasteiger partial charge in [-0.05, 0) is 52.7 Å². The van der Waals surface area contributed by atoms with Gasteiger partial charge in [0.2, 0.25) is 0 Å². The Morgan fingerprint density at radius 1 is 0.719 bits per heavy atom. The molecule has 0 unspecified atom stereocenters. The van der Waals surface area contributed by atoms with E-state index in [-0.39, 0.29) is 5.91 Å². The highest BCUT2D eigenvalue weighted by Gasteiger charge is 2.17. The molecule has 0 aromatic heterocycles. The molecule has 1 fully saturated rings. The minimum Gasteiger partial charge on any atom is -0.369 e. The maximum absolute atomic E-state index is 12.7. The average Bonchev–Trinajstić information content (AvgIpc) is 2.85. The SMILES string of the molecule is O=C(Nc1ccc(N2CCN(Cc3ccccc3)CC2)cc1)c1ccc2ccccc2c1. The molecule has 1 aliphatic heterocycles. The zero-order chi connectivity index (χ0) is 21.8. The van der Waals surface area contributed by atoms with E-state index < -0.39 is 0 Å². The van der Waals surface area contributed by atoms with Crippen LogP contribution >= 0.6 is 0 Å². The van der Waals surface area contributed by atoms with Crippen molar-refractivity contribution in [2.75, 3.05) is 36.4 Å². The topological polar surface area (TPSA) is 35.6 Å². The third-order valence-corrected chi connectivity index (χ3v) is 6.12. The minimum atomic E-state index is -0.0852. The molecule has 4 aromatic rings. The van der Waals surface area contributed by atoms with Crippen LogP contribution in [-0.2, 0) is 6.54 Å². The van der Waals surface area contributed by atoms with Crippen molar-refractivity contribution in [1.29, 1.82) is 0 Å². The highest BCUT2D eigenvalue weighted by Crippen LogP contribution is 2.21. The van der Waals surface area contributed by atoms with Crippen molar-refractivity contribution in [2.45, 2.75) is 6.54 Å². The maximum Gasteiger partial charge on any atom is 0.255 e. The lowest BCUT2D eigenvalue weighted by atomic mass is 10.1. The van der Waals surface area contributed by atoms with Crippen LogP contribution in [0.4, 0.5) is 11.4 Å². The summed E-state index contributed by atoms with van der Waals surface area (Å²) >= 11 is 0.